The lowest BCUT2D eigenvalue weighted by Gasteiger charge is -2.05. The van der Waals surface area contributed by atoms with Crippen LogP contribution in [-0.2, 0) is 14.8 Å². The lowest BCUT2D eigenvalue weighted by atomic mass is 10.2. The van der Waals surface area contributed by atoms with E-state index in [0.29, 0.717) is 5.56 Å². The van der Waals surface area contributed by atoms with Crippen molar-refractivity contribution in [1.82, 2.24) is 4.72 Å². The van der Waals surface area contributed by atoms with E-state index in [0.717, 1.165) is 18.9 Å². The average Bonchev–Trinajstić information content (AvgIpc) is 3.10. The number of hydrogen-bond acceptors (Lipinski definition) is 3. The van der Waals surface area contributed by atoms with Crippen molar-refractivity contribution in [3.63, 3.8) is 0 Å². The van der Waals surface area contributed by atoms with E-state index in [1.165, 1.54) is 18.2 Å². The van der Waals surface area contributed by atoms with Crippen molar-refractivity contribution < 1.29 is 18.3 Å². The molecular weight excluding hydrogens is 254 g/mol. The molecule has 1 saturated carbocycles. The van der Waals surface area contributed by atoms with Gasteiger partial charge in [-0.15, -0.1) is 0 Å². The molecule has 5 nitrogen and oxygen atoms in total. The fraction of sp³-hybridized carbons (Fsp3) is 0.250. The molecule has 2 N–H and O–H groups in total. The van der Waals surface area contributed by atoms with Crippen molar-refractivity contribution in [2.75, 3.05) is 0 Å². The number of carboxylic acids is 1. The summed E-state index contributed by atoms with van der Waals surface area (Å²) in [6.07, 6.45) is 4.19. The topological polar surface area (TPSA) is 83.5 Å². The molecule has 1 aliphatic carbocycles. The predicted octanol–water partition coefficient (Wildman–Crippen LogP) is 1.23. The number of carboxylic acid groups (broad SMARTS) is 1. The molecule has 0 bridgehead atoms. The Hall–Kier alpha value is -1.66. The summed E-state index contributed by atoms with van der Waals surface area (Å²) < 4.78 is 26.2. The summed E-state index contributed by atoms with van der Waals surface area (Å²) in [6, 6.07) is 6.14. The zero-order valence-electron chi connectivity index (χ0n) is 9.54. The van der Waals surface area contributed by atoms with Crippen LogP contribution in [0.4, 0.5) is 0 Å². The van der Waals surface area contributed by atoms with Crippen LogP contribution < -0.4 is 4.72 Å². The van der Waals surface area contributed by atoms with E-state index in [2.05, 4.69) is 4.72 Å². The van der Waals surface area contributed by atoms with E-state index < -0.39 is 16.0 Å². The Morgan fingerprint density at radius 1 is 1.28 bits per heavy atom. The molecule has 18 heavy (non-hydrogen) atoms. The van der Waals surface area contributed by atoms with Gasteiger partial charge in [0.15, 0.2) is 0 Å². The molecule has 0 heterocycles. The van der Waals surface area contributed by atoms with Gasteiger partial charge in [-0.25, -0.2) is 17.9 Å². The number of carbonyl (C=O) groups is 1. The highest BCUT2D eigenvalue weighted by Gasteiger charge is 2.27. The first-order valence-electron chi connectivity index (χ1n) is 5.51. The Bertz CT molecular complexity index is 571. The predicted molar refractivity (Wildman–Crippen MR) is 66.5 cm³/mol. The number of rotatable bonds is 5. The van der Waals surface area contributed by atoms with E-state index in [9.17, 15) is 13.2 Å². The molecule has 1 aromatic rings. The molecule has 0 aromatic heterocycles. The quantitative estimate of drug-likeness (QED) is 0.786. The highest BCUT2D eigenvalue weighted by Crippen LogP contribution is 2.22. The van der Waals surface area contributed by atoms with Crippen molar-refractivity contribution >= 4 is 22.1 Å². The molecule has 1 aliphatic rings. The summed E-state index contributed by atoms with van der Waals surface area (Å²) in [4.78, 5) is 10.5. The Balaban J connectivity index is 2.13. The Labute approximate surface area is 105 Å². The van der Waals surface area contributed by atoms with E-state index in [1.807, 2.05) is 0 Å². The first-order chi connectivity index (χ1) is 8.47. The fourth-order valence-corrected chi connectivity index (χ4v) is 2.72. The normalized spacial score (nSPS) is 16.0. The van der Waals surface area contributed by atoms with E-state index >= 15 is 0 Å². The summed E-state index contributed by atoms with van der Waals surface area (Å²) in [6.45, 7) is 0. The van der Waals surface area contributed by atoms with Crippen molar-refractivity contribution in [3.8, 4) is 0 Å². The van der Waals surface area contributed by atoms with Crippen LogP contribution >= 0.6 is 0 Å². The fourth-order valence-electron chi connectivity index (χ4n) is 1.41. The number of sulfonamides is 1. The standard InChI is InChI=1S/C12H13NO4S/c14-12(15)8-3-9-1-6-11(7-2-9)18(16,17)13-10-4-5-10/h1-3,6-8,10,13H,4-5H2,(H,14,15)/b8-3+. The molecule has 0 saturated heterocycles. The second-order valence-electron chi connectivity index (χ2n) is 4.14. The molecule has 0 amide bonds. The van der Waals surface area contributed by atoms with Crippen LogP contribution in [0.1, 0.15) is 18.4 Å². The SMILES string of the molecule is O=C(O)/C=C/c1ccc(S(=O)(=O)NC2CC2)cc1. The molecule has 0 unspecified atom stereocenters. The molecular formula is C12H13NO4S. The van der Waals surface area contributed by atoms with Gasteiger partial charge in [-0.2, -0.15) is 0 Å². The summed E-state index contributed by atoms with van der Waals surface area (Å²) in [5.41, 5.74) is 0.641. The van der Waals surface area contributed by atoms with Crippen LogP contribution in [0.15, 0.2) is 35.2 Å². The first kappa shape index (κ1) is 12.8. The second-order valence-corrected chi connectivity index (χ2v) is 5.85. The van der Waals surface area contributed by atoms with Gasteiger partial charge in [-0.1, -0.05) is 12.1 Å². The molecule has 1 aromatic carbocycles. The van der Waals surface area contributed by atoms with Crippen LogP contribution in [0.3, 0.4) is 0 Å². The van der Waals surface area contributed by atoms with Gasteiger partial charge in [0.05, 0.1) is 4.90 Å². The highest BCUT2D eigenvalue weighted by atomic mass is 32.2. The zero-order valence-corrected chi connectivity index (χ0v) is 10.4. The van der Waals surface area contributed by atoms with Crippen molar-refractivity contribution in [2.45, 2.75) is 23.8 Å². The lowest BCUT2D eigenvalue weighted by Crippen LogP contribution is -2.25. The van der Waals surface area contributed by atoms with Gasteiger partial charge in [-0.3, -0.25) is 0 Å². The van der Waals surface area contributed by atoms with E-state index in [4.69, 9.17) is 5.11 Å². The largest absolute Gasteiger partial charge is 0.478 e. The van der Waals surface area contributed by atoms with Crippen LogP contribution in [0.5, 0.6) is 0 Å². The maximum atomic E-state index is 11.8. The third-order valence-corrected chi connectivity index (χ3v) is 4.04. The van der Waals surface area contributed by atoms with E-state index in [1.54, 1.807) is 12.1 Å². The highest BCUT2D eigenvalue weighted by molar-refractivity contribution is 7.89. The third-order valence-electron chi connectivity index (χ3n) is 2.51. The molecule has 0 radical (unpaired) electrons. The van der Waals surface area contributed by atoms with Crippen molar-refractivity contribution in [2.24, 2.45) is 0 Å². The smallest absolute Gasteiger partial charge is 0.328 e. The minimum absolute atomic E-state index is 0.0709. The Morgan fingerprint density at radius 3 is 2.39 bits per heavy atom. The Morgan fingerprint density at radius 2 is 1.89 bits per heavy atom. The number of aliphatic carboxylic acids is 1. The lowest BCUT2D eigenvalue weighted by molar-refractivity contribution is -0.131. The average molecular weight is 267 g/mol. The van der Waals surface area contributed by atoms with Gasteiger partial charge in [0.2, 0.25) is 10.0 Å². The first-order valence-corrected chi connectivity index (χ1v) is 6.99. The van der Waals surface area contributed by atoms with E-state index in [-0.39, 0.29) is 10.9 Å². The number of hydrogen-bond donors (Lipinski definition) is 2. The Kier molecular flexibility index (Phi) is 3.49. The summed E-state index contributed by atoms with van der Waals surface area (Å²) in [5, 5.41) is 8.47. The zero-order chi connectivity index (χ0) is 13.2. The number of nitrogens with one attached hydrogen (secondary N) is 1. The molecule has 0 atom stereocenters. The van der Waals surface area contributed by atoms with Gasteiger partial charge in [0, 0.05) is 12.1 Å². The van der Waals surface area contributed by atoms with Crippen molar-refractivity contribution in [1.29, 1.82) is 0 Å². The minimum Gasteiger partial charge on any atom is -0.478 e. The van der Waals surface area contributed by atoms with Gasteiger partial charge >= 0.3 is 5.97 Å². The van der Waals surface area contributed by atoms with Crippen LogP contribution in [-0.4, -0.2) is 25.5 Å². The van der Waals surface area contributed by atoms with Crippen molar-refractivity contribution in [3.05, 3.63) is 35.9 Å². The maximum Gasteiger partial charge on any atom is 0.328 e. The van der Waals surface area contributed by atoms with Gasteiger partial charge in [0.1, 0.15) is 0 Å². The molecule has 0 spiro atoms. The summed E-state index contributed by atoms with van der Waals surface area (Å²) in [5.74, 6) is -1.04. The molecule has 6 heteroatoms. The third kappa shape index (κ3) is 3.41. The summed E-state index contributed by atoms with van der Waals surface area (Å²) >= 11 is 0. The molecule has 0 aliphatic heterocycles. The van der Waals surface area contributed by atoms with Gasteiger partial charge in [-0.05, 0) is 36.6 Å². The molecule has 2 rings (SSSR count). The van der Waals surface area contributed by atoms with Crippen LogP contribution in [0, 0.1) is 0 Å². The van der Waals surface area contributed by atoms with Gasteiger partial charge < -0.3 is 5.11 Å². The second kappa shape index (κ2) is 4.91. The minimum atomic E-state index is -3.44. The maximum absolute atomic E-state index is 11.8. The molecule has 1 fully saturated rings. The van der Waals surface area contributed by atoms with Crippen LogP contribution in [0.2, 0.25) is 0 Å². The van der Waals surface area contributed by atoms with Crippen LogP contribution in [0.25, 0.3) is 6.08 Å². The summed E-state index contributed by atoms with van der Waals surface area (Å²) in [7, 11) is -3.44. The van der Waals surface area contributed by atoms with Gasteiger partial charge in [0.25, 0.3) is 0 Å². The monoisotopic (exact) mass is 267 g/mol. The molecule has 96 valence electrons. The number of benzene rings is 1.